The lowest BCUT2D eigenvalue weighted by atomic mass is 9.73. The molecule has 0 radical (unpaired) electrons. The van der Waals surface area contributed by atoms with E-state index in [4.69, 9.17) is 4.74 Å². The Balaban J connectivity index is 1.49. The minimum atomic E-state index is -3.55. The second-order valence-corrected chi connectivity index (χ2v) is 11.1. The number of amides is 1. The van der Waals surface area contributed by atoms with Gasteiger partial charge in [-0.25, -0.2) is 8.42 Å². The van der Waals surface area contributed by atoms with Gasteiger partial charge in [-0.15, -0.1) is 11.3 Å². The lowest BCUT2D eigenvalue weighted by Gasteiger charge is -2.48. The van der Waals surface area contributed by atoms with E-state index in [2.05, 4.69) is 5.32 Å². The maximum absolute atomic E-state index is 13.1. The fourth-order valence-corrected chi connectivity index (χ4v) is 7.24. The zero-order valence-corrected chi connectivity index (χ0v) is 18.2. The Morgan fingerprint density at radius 2 is 1.97 bits per heavy atom. The number of carbonyl (C=O) groups is 1. The molecule has 1 aromatic carbocycles. The van der Waals surface area contributed by atoms with E-state index >= 15 is 0 Å². The summed E-state index contributed by atoms with van der Waals surface area (Å²) in [4.78, 5) is 13.0. The molecule has 1 amide bonds. The molecule has 6 nitrogen and oxygen atoms in total. The molecule has 156 valence electrons. The topological polar surface area (TPSA) is 75.7 Å². The number of rotatable bonds is 6. The van der Waals surface area contributed by atoms with Crippen LogP contribution in [0.4, 0.5) is 5.69 Å². The molecule has 1 aromatic heterocycles. The predicted octanol–water partition coefficient (Wildman–Crippen LogP) is 3.96. The minimum Gasteiger partial charge on any atom is -0.491 e. The third-order valence-corrected chi connectivity index (χ3v) is 8.88. The van der Waals surface area contributed by atoms with Crippen molar-refractivity contribution in [1.29, 1.82) is 0 Å². The number of carbonyl (C=O) groups excluding carboxylic acids is 1. The molecule has 3 unspecified atom stereocenters. The maximum Gasteiger partial charge on any atom is 0.252 e. The summed E-state index contributed by atoms with van der Waals surface area (Å²) < 4.78 is 33.7. The monoisotopic (exact) mass is 434 g/mol. The molecular formula is C21H26N2O4S2. The number of ether oxygens (including phenoxy) is 1. The SMILES string of the molecule is CC(C)Oc1ccc(NC(=O)C2CC3CCC2N(S(=O)(=O)c2cccs2)C3)cc1. The summed E-state index contributed by atoms with van der Waals surface area (Å²) in [7, 11) is -3.55. The molecule has 2 saturated heterocycles. The number of sulfonamides is 1. The van der Waals surface area contributed by atoms with Gasteiger partial charge in [0.05, 0.1) is 12.0 Å². The quantitative estimate of drug-likeness (QED) is 0.747. The smallest absolute Gasteiger partial charge is 0.252 e. The first-order valence-corrected chi connectivity index (χ1v) is 12.3. The second-order valence-electron chi connectivity index (χ2n) is 8.04. The highest BCUT2D eigenvalue weighted by molar-refractivity contribution is 7.91. The van der Waals surface area contributed by atoms with E-state index in [9.17, 15) is 13.2 Å². The van der Waals surface area contributed by atoms with Crippen molar-refractivity contribution < 1.29 is 17.9 Å². The predicted molar refractivity (Wildman–Crippen MR) is 114 cm³/mol. The Morgan fingerprint density at radius 3 is 2.59 bits per heavy atom. The highest BCUT2D eigenvalue weighted by Crippen LogP contribution is 2.42. The van der Waals surface area contributed by atoms with Gasteiger partial charge in [-0.05, 0) is 74.7 Å². The molecule has 3 fully saturated rings. The van der Waals surface area contributed by atoms with Gasteiger partial charge in [0, 0.05) is 18.3 Å². The molecule has 3 heterocycles. The summed E-state index contributed by atoms with van der Waals surface area (Å²) in [5.41, 5.74) is 0.695. The third-order valence-electron chi connectivity index (χ3n) is 5.62. The molecule has 2 bridgehead atoms. The van der Waals surface area contributed by atoms with Crippen molar-refractivity contribution in [3.8, 4) is 5.75 Å². The Bertz CT molecular complexity index is 955. The largest absolute Gasteiger partial charge is 0.491 e. The molecule has 1 aliphatic carbocycles. The molecule has 2 aliphatic heterocycles. The standard InChI is InChI=1S/C21H26N2O4S2/c1-14(2)27-17-8-6-16(7-9-17)22-21(24)18-12-15-5-10-19(18)23(13-15)29(25,26)20-4-3-11-28-20/h3-4,6-9,11,14-15,18-19H,5,10,12-13H2,1-2H3,(H,22,24). The average molecular weight is 435 g/mol. The van der Waals surface area contributed by atoms with Gasteiger partial charge >= 0.3 is 0 Å². The molecule has 1 saturated carbocycles. The lowest BCUT2D eigenvalue weighted by Crippen LogP contribution is -2.57. The van der Waals surface area contributed by atoms with Crippen LogP contribution in [0.25, 0.3) is 0 Å². The van der Waals surface area contributed by atoms with Crippen molar-refractivity contribution in [2.24, 2.45) is 11.8 Å². The molecule has 5 rings (SSSR count). The normalized spacial score (nSPS) is 24.6. The van der Waals surface area contributed by atoms with Crippen molar-refractivity contribution in [3.63, 3.8) is 0 Å². The molecule has 3 aliphatic rings. The van der Waals surface area contributed by atoms with Crippen LogP contribution in [0.2, 0.25) is 0 Å². The summed E-state index contributed by atoms with van der Waals surface area (Å²) in [6, 6.07) is 10.4. The zero-order valence-electron chi connectivity index (χ0n) is 16.6. The van der Waals surface area contributed by atoms with Crippen molar-refractivity contribution >= 4 is 33.0 Å². The summed E-state index contributed by atoms with van der Waals surface area (Å²) in [6.45, 7) is 4.43. The number of piperidine rings is 2. The van der Waals surface area contributed by atoms with Gasteiger partial charge in [-0.3, -0.25) is 4.79 Å². The van der Waals surface area contributed by atoms with Crippen molar-refractivity contribution in [3.05, 3.63) is 41.8 Å². The first-order valence-electron chi connectivity index (χ1n) is 9.97. The van der Waals surface area contributed by atoms with E-state index < -0.39 is 10.0 Å². The van der Waals surface area contributed by atoms with Gasteiger partial charge in [0.25, 0.3) is 10.0 Å². The Morgan fingerprint density at radius 1 is 1.21 bits per heavy atom. The van der Waals surface area contributed by atoms with Crippen molar-refractivity contribution in [2.75, 3.05) is 11.9 Å². The fourth-order valence-electron chi connectivity index (χ4n) is 4.35. The van der Waals surface area contributed by atoms with Gasteiger partial charge in [0.2, 0.25) is 5.91 Å². The summed E-state index contributed by atoms with van der Waals surface area (Å²) in [5.74, 6) is 0.544. The van der Waals surface area contributed by atoms with Crippen LogP contribution >= 0.6 is 11.3 Å². The van der Waals surface area contributed by atoms with Crippen LogP contribution in [0.1, 0.15) is 33.1 Å². The van der Waals surface area contributed by atoms with E-state index in [0.29, 0.717) is 16.4 Å². The number of fused-ring (bicyclic) bond motifs is 3. The number of nitrogens with zero attached hydrogens (tertiary/aromatic N) is 1. The van der Waals surface area contributed by atoms with E-state index in [1.165, 1.54) is 11.3 Å². The molecule has 1 N–H and O–H groups in total. The van der Waals surface area contributed by atoms with Gasteiger partial charge in [-0.1, -0.05) is 6.07 Å². The molecule has 29 heavy (non-hydrogen) atoms. The van der Waals surface area contributed by atoms with Crippen LogP contribution in [0.15, 0.2) is 46.0 Å². The highest BCUT2D eigenvalue weighted by atomic mass is 32.2. The average Bonchev–Trinajstić information content (AvgIpc) is 3.25. The Labute approximate surface area is 175 Å². The van der Waals surface area contributed by atoms with Gasteiger partial charge in [-0.2, -0.15) is 4.31 Å². The van der Waals surface area contributed by atoms with E-state index in [-0.39, 0.29) is 29.9 Å². The number of nitrogens with one attached hydrogen (secondary N) is 1. The molecule has 3 atom stereocenters. The molecule has 8 heteroatoms. The zero-order chi connectivity index (χ0) is 20.6. The van der Waals surface area contributed by atoms with Crippen LogP contribution in [0.3, 0.4) is 0 Å². The minimum absolute atomic E-state index is 0.0875. The van der Waals surface area contributed by atoms with Crippen LogP contribution in [-0.2, 0) is 14.8 Å². The van der Waals surface area contributed by atoms with Crippen molar-refractivity contribution in [2.45, 2.75) is 49.5 Å². The Kier molecular flexibility index (Phi) is 5.68. The van der Waals surface area contributed by atoms with Crippen LogP contribution in [0, 0.1) is 11.8 Å². The number of anilines is 1. The van der Waals surface area contributed by atoms with Crippen LogP contribution < -0.4 is 10.1 Å². The third kappa shape index (κ3) is 4.20. The summed E-state index contributed by atoms with van der Waals surface area (Å²) in [6.07, 6.45) is 2.53. The first kappa shape index (κ1) is 20.4. The molecule has 0 spiro atoms. The van der Waals surface area contributed by atoms with Crippen LogP contribution in [0.5, 0.6) is 5.75 Å². The van der Waals surface area contributed by atoms with Crippen LogP contribution in [-0.4, -0.2) is 37.3 Å². The fraction of sp³-hybridized carbons (Fsp3) is 0.476. The molecular weight excluding hydrogens is 408 g/mol. The van der Waals surface area contributed by atoms with Crippen molar-refractivity contribution in [1.82, 2.24) is 4.31 Å². The highest BCUT2D eigenvalue weighted by Gasteiger charge is 2.48. The second kappa shape index (κ2) is 8.08. The number of thiophene rings is 1. The Hall–Kier alpha value is -1.90. The summed E-state index contributed by atoms with van der Waals surface area (Å²) >= 11 is 1.23. The summed E-state index contributed by atoms with van der Waals surface area (Å²) in [5, 5.41) is 4.74. The lowest BCUT2D eigenvalue weighted by molar-refractivity contribution is -0.125. The maximum atomic E-state index is 13.1. The van der Waals surface area contributed by atoms with E-state index in [1.54, 1.807) is 21.8 Å². The van der Waals surface area contributed by atoms with Gasteiger partial charge in [0.15, 0.2) is 0 Å². The number of hydrogen-bond donors (Lipinski definition) is 1. The number of hydrogen-bond acceptors (Lipinski definition) is 5. The number of benzene rings is 1. The van der Waals surface area contributed by atoms with Gasteiger partial charge in [0.1, 0.15) is 9.96 Å². The van der Waals surface area contributed by atoms with E-state index in [1.807, 2.05) is 38.1 Å². The van der Waals surface area contributed by atoms with E-state index in [0.717, 1.165) is 25.0 Å². The first-order chi connectivity index (χ1) is 13.8. The van der Waals surface area contributed by atoms with Gasteiger partial charge < -0.3 is 10.1 Å². The molecule has 2 aromatic rings.